The highest BCUT2D eigenvalue weighted by Crippen LogP contribution is 2.24. The fourth-order valence-electron chi connectivity index (χ4n) is 2.55. The van der Waals surface area contributed by atoms with Gasteiger partial charge in [0.2, 0.25) is 0 Å². The van der Waals surface area contributed by atoms with E-state index >= 15 is 0 Å². The fourth-order valence-corrected chi connectivity index (χ4v) is 2.73. The maximum absolute atomic E-state index is 12.5. The molecule has 2 N–H and O–H groups in total. The third-order valence-corrected chi connectivity index (χ3v) is 4.10. The average molecular weight is 297 g/mol. The number of nitrogens with one attached hydrogen (secondary N) is 1. The number of carbonyl (C=O) groups excluding carboxylic acids is 1. The van der Waals surface area contributed by atoms with Gasteiger partial charge in [-0.1, -0.05) is 11.6 Å². The molecule has 0 radical (unpaired) electrons. The lowest BCUT2D eigenvalue weighted by Crippen LogP contribution is -2.39. The highest BCUT2D eigenvalue weighted by Gasteiger charge is 2.21. The van der Waals surface area contributed by atoms with Gasteiger partial charge in [0.15, 0.2) is 0 Å². The Morgan fingerprint density at radius 1 is 1.45 bits per heavy atom. The summed E-state index contributed by atoms with van der Waals surface area (Å²) in [7, 11) is 0. The second-order valence-electron chi connectivity index (χ2n) is 5.20. The van der Waals surface area contributed by atoms with Gasteiger partial charge in [0.1, 0.15) is 5.75 Å². The maximum Gasteiger partial charge on any atom is 0.253 e. The Morgan fingerprint density at radius 3 is 2.75 bits per heavy atom. The number of nitrogens with zero attached hydrogens (tertiary/aromatic N) is 1. The van der Waals surface area contributed by atoms with E-state index < -0.39 is 0 Å². The Balaban J connectivity index is 2.05. The summed E-state index contributed by atoms with van der Waals surface area (Å²) in [5.41, 5.74) is 0.531. The molecule has 1 aliphatic rings. The molecule has 1 saturated heterocycles. The summed E-state index contributed by atoms with van der Waals surface area (Å²) in [5, 5.41) is 13.0. The third-order valence-electron chi connectivity index (χ3n) is 3.80. The summed E-state index contributed by atoms with van der Waals surface area (Å²) in [5.74, 6) is 0.547. The number of halogens is 1. The number of benzene rings is 1. The van der Waals surface area contributed by atoms with Crippen LogP contribution in [0.2, 0.25) is 5.02 Å². The van der Waals surface area contributed by atoms with Crippen molar-refractivity contribution in [1.82, 2.24) is 10.2 Å². The van der Waals surface area contributed by atoms with Crippen molar-refractivity contribution in [2.24, 2.45) is 5.92 Å². The first-order chi connectivity index (χ1) is 9.61. The fraction of sp³-hybridized carbons (Fsp3) is 0.533. The number of rotatable bonds is 4. The second-order valence-corrected chi connectivity index (χ2v) is 5.61. The number of piperidine rings is 1. The lowest BCUT2D eigenvalue weighted by atomic mass is 9.97. The average Bonchev–Trinajstić information content (AvgIpc) is 2.48. The van der Waals surface area contributed by atoms with Crippen LogP contribution < -0.4 is 5.32 Å². The zero-order valence-electron chi connectivity index (χ0n) is 11.7. The minimum atomic E-state index is -0.0204. The van der Waals surface area contributed by atoms with Gasteiger partial charge in [-0.2, -0.15) is 0 Å². The molecule has 1 aromatic carbocycles. The van der Waals surface area contributed by atoms with Crippen molar-refractivity contribution < 1.29 is 9.90 Å². The molecule has 0 aliphatic carbocycles. The first-order valence-corrected chi connectivity index (χ1v) is 7.48. The molecule has 20 heavy (non-hydrogen) atoms. The standard InChI is InChI=1S/C15H21ClN2O2/c1-2-18(10-11-5-7-17-8-6-11)15(20)12-3-4-14(19)13(16)9-12/h3-4,9,11,17,19H,2,5-8,10H2,1H3. The van der Waals surface area contributed by atoms with Crippen LogP contribution in [0.1, 0.15) is 30.1 Å². The van der Waals surface area contributed by atoms with Crippen LogP contribution in [0.5, 0.6) is 5.75 Å². The summed E-state index contributed by atoms with van der Waals surface area (Å²) in [6.07, 6.45) is 2.22. The first kappa shape index (κ1) is 15.1. The molecule has 0 spiro atoms. The van der Waals surface area contributed by atoms with Crippen LogP contribution in [0.3, 0.4) is 0 Å². The molecular weight excluding hydrogens is 276 g/mol. The molecule has 5 heteroatoms. The smallest absolute Gasteiger partial charge is 0.253 e. The predicted octanol–water partition coefficient (Wildman–Crippen LogP) is 2.51. The number of aromatic hydroxyl groups is 1. The van der Waals surface area contributed by atoms with Crippen LogP contribution >= 0.6 is 11.6 Å². The van der Waals surface area contributed by atoms with Crippen LogP contribution in [-0.4, -0.2) is 42.1 Å². The van der Waals surface area contributed by atoms with Crippen molar-refractivity contribution in [3.8, 4) is 5.75 Å². The summed E-state index contributed by atoms with van der Waals surface area (Å²) in [4.78, 5) is 14.3. The van der Waals surface area contributed by atoms with Crippen molar-refractivity contribution in [1.29, 1.82) is 0 Å². The Hall–Kier alpha value is -1.26. The van der Waals surface area contributed by atoms with Crippen LogP contribution in [-0.2, 0) is 0 Å². The highest BCUT2D eigenvalue weighted by molar-refractivity contribution is 6.32. The molecule has 1 aliphatic heterocycles. The molecule has 110 valence electrons. The van der Waals surface area contributed by atoms with Gasteiger partial charge in [0, 0.05) is 18.7 Å². The van der Waals surface area contributed by atoms with Gasteiger partial charge in [0.05, 0.1) is 5.02 Å². The number of amides is 1. The molecule has 1 amide bonds. The Morgan fingerprint density at radius 2 is 2.15 bits per heavy atom. The minimum absolute atomic E-state index is 0.00428. The number of phenols is 1. The van der Waals surface area contributed by atoms with Gasteiger partial charge in [0.25, 0.3) is 5.91 Å². The SMILES string of the molecule is CCN(CC1CCNCC1)C(=O)c1ccc(O)c(Cl)c1. The maximum atomic E-state index is 12.5. The van der Waals surface area contributed by atoms with Gasteiger partial charge in [-0.3, -0.25) is 4.79 Å². The van der Waals surface area contributed by atoms with Crippen molar-refractivity contribution in [2.75, 3.05) is 26.2 Å². The Labute approximate surface area is 124 Å². The van der Waals surface area contributed by atoms with E-state index in [1.165, 1.54) is 12.1 Å². The van der Waals surface area contributed by atoms with Crippen molar-refractivity contribution in [2.45, 2.75) is 19.8 Å². The van der Waals surface area contributed by atoms with Crippen LogP contribution in [0.15, 0.2) is 18.2 Å². The summed E-state index contributed by atoms with van der Waals surface area (Å²) in [6.45, 7) is 5.51. The largest absolute Gasteiger partial charge is 0.506 e. The van der Waals surface area contributed by atoms with Gasteiger partial charge in [-0.15, -0.1) is 0 Å². The lowest BCUT2D eigenvalue weighted by molar-refractivity contribution is 0.0727. The summed E-state index contributed by atoms with van der Waals surface area (Å²) in [6, 6.07) is 4.62. The highest BCUT2D eigenvalue weighted by atomic mass is 35.5. The van der Waals surface area contributed by atoms with E-state index in [0.29, 0.717) is 18.0 Å². The Kier molecular flexibility index (Phi) is 5.26. The normalized spacial score (nSPS) is 16.1. The van der Waals surface area contributed by atoms with E-state index in [4.69, 9.17) is 11.6 Å². The van der Waals surface area contributed by atoms with Crippen molar-refractivity contribution in [3.63, 3.8) is 0 Å². The van der Waals surface area contributed by atoms with Crippen molar-refractivity contribution in [3.05, 3.63) is 28.8 Å². The first-order valence-electron chi connectivity index (χ1n) is 7.10. The van der Waals surface area contributed by atoms with E-state index in [9.17, 15) is 9.90 Å². The molecule has 2 rings (SSSR count). The number of carbonyl (C=O) groups is 1. The zero-order chi connectivity index (χ0) is 14.5. The van der Waals surface area contributed by atoms with E-state index in [-0.39, 0.29) is 16.7 Å². The molecule has 4 nitrogen and oxygen atoms in total. The molecule has 0 aromatic heterocycles. The van der Waals surface area contributed by atoms with Gasteiger partial charge in [-0.25, -0.2) is 0 Å². The molecule has 1 heterocycles. The second kappa shape index (κ2) is 6.95. The molecule has 0 saturated carbocycles. The van der Waals surface area contributed by atoms with Crippen LogP contribution in [0.25, 0.3) is 0 Å². The zero-order valence-corrected chi connectivity index (χ0v) is 12.5. The van der Waals surface area contributed by atoms with E-state index in [0.717, 1.165) is 32.5 Å². The number of hydrogen-bond acceptors (Lipinski definition) is 3. The summed E-state index contributed by atoms with van der Waals surface area (Å²) >= 11 is 5.87. The van der Waals surface area contributed by atoms with E-state index in [2.05, 4.69) is 5.32 Å². The molecule has 0 unspecified atom stereocenters. The molecular formula is C15H21ClN2O2. The molecule has 1 aromatic rings. The monoisotopic (exact) mass is 296 g/mol. The predicted molar refractivity (Wildman–Crippen MR) is 80.3 cm³/mol. The summed E-state index contributed by atoms with van der Waals surface area (Å²) < 4.78 is 0. The molecule has 1 fully saturated rings. The molecule has 0 bridgehead atoms. The van der Waals surface area contributed by atoms with Crippen LogP contribution in [0, 0.1) is 5.92 Å². The number of hydrogen-bond donors (Lipinski definition) is 2. The van der Waals surface area contributed by atoms with Crippen LogP contribution in [0.4, 0.5) is 0 Å². The van der Waals surface area contributed by atoms with Gasteiger partial charge < -0.3 is 15.3 Å². The Bertz CT molecular complexity index is 473. The van der Waals surface area contributed by atoms with E-state index in [1.54, 1.807) is 6.07 Å². The third kappa shape index (κ3) is 3.64. The quantitative estimate of drug-likeness (QED) is 0.897. The number of phenolic OH excluding ortho intramolecular Hbond substituents is 1. The topological polar surface area (TPSA) is 52.6 Å². The minimum Gasteiger partial charge on any atom is -0.506 e. The van der Waals surface area contributed by atoms with E-state index in [1.807, 2.05) is 11.8 Å². The van der Waals surface area contributed by atoms with Gasteiger partial charge >= 0.3 is 0 Å². The van der Waals surface area contributed by atoms with Gasteiger partial charge in [-0.05, 0) is 57.0 Å². The molecule has 0 atom stereocenters. The van der Waals surface area contributed by atoms with Crippen molar-refractivity contribution >= 4 is 17.5 Å². The lowest BCUT2D eigenvalue weighted by Gasteiger charge is -2.29.